The smallest absolute Gasteiger partial charge is 0.00744 e. The van der Waals surface area contributed by atoms with E-state index in [1.54, 1.807) is 0 Å². The van der Waals surface area contributed by atoms with Gasteiger partial charge in [-0.15, -0.1) is 0 Å². The fraction of sp³-hybridized carbons (Fsp3) is 1.00. The minimum Gasteiger partial charge on any atom is -0.330 e. The van der Waals surface area contributed by atoms with E-state index in [-0.39, 0.29) is 0 Å². The normalized spacial score (nSPS) is 16.9. The maximum Gasteiger partial charge on any atom is -0.00744 e. The van der Waals surface area contributed by atoms with Crippen molar-refractivity contribution in [1.29, 1.82) is 0 Å². The summed E-state index contributed by atoms with van der Waals surface area (Å²) in [4.78, 5) is 0. The van der Waals surface area contributed by atoms with E-state index in [1.165, 1.54) is 12.8 Å². The minimum absolute atomic E-state index is 0.786. The van der Waals surface area contributed by atoms with Gasteiger partial charge in [0, 0.05) is 0 Å². The summed E-state index contributed by atoms with van der Waals surface area (Å²) in [6.45, 7) is 10.0. The monoisotopic (exact) mass is 157 g/mol. The summed E-state index contributed by atoms with van der Waals surface area (Å²) < 4.78 is 0. The summed E-state index contributed by atoms with van der Waals surface area (Å²) in [6, 6.07) is 0. The van der Waals surface area contributed by atoms with Crippen LogP contribution >= 0.6 is 0 Å². The van der Waals surface area contributed by atoms with E-state index in [2.05, 4.69) is 27.7 Å². The van der Waals surface area contributed by atoms with Gasteiger partial charge in [-0.05, 0) is 30.7 Å². The van der Waals surface area contributed by atoms with Crippen molar-refractivity contribution >= 4 is 0 Å². The van der Waals surface area contributed by atoms with Crippen LogP contribution in [0.5, 0.6) is 0 Å². The molecule has 2 atom stereocenters. The predicted octanol–water partition coefficient (Wildman–Crippen LogP) is 2.65. The van der Waals surface area contributed by atoms with Gasteiger partial charge in [-0.2, -0.15) is 0 Å². The Morgan fingerprint density at radius 1 is 1.18 bits per heavy atom. The first-order valence-electron chi connectivity index (χ1n) is 4.83. The zero-order valence-corrected chi connectivity index (χ0v) is 8.43. The van der Waals surface area contributed by atoms with Crippen LogP contribution in [0.15, 0.2) is 0 Å². The molecule has 0 aliphatic carbocycles. The number of hydrogen-bond donors (Lipinski definition) is 1. The van der Waals surface area contributed by atoms with Crippen LogP contribution in [0, 0.1) is 17.8 Å². The van der Waals surface area contributed by atoms with Crippen molar-refractivity contribution in [1.82, 2.24) is 0 Å². The largest absolute Gasteiger partial charge is 0.330 e. The van der Waals surface area contributed by atoms with Gasteiger partial charge in [0.15, 0.2) is 0 Å². The van der Waals surface area contributed by atoms with E-state index in [0.717, 1.165) is 24.3 Å². The molecule has 0 saturated heterocycles. The minimum atomic E-state index is 0.786. The van der Waals surface area contributed by atoms with Crippen molar-refractivity contribution < 1.29 is 0 Å². The van der Waals surface area contributed by atoms with Gasteiger partial charge in [0.2, 0.25) is 0 Å². The third kappa shape index (κ3) is 3.76. The highest BCUT2D eigenvalue weighted by molar-refractivity contribution is 4.68. The molecule has 0 heterocycles. The van der Waals surface area contributed by atoms with Crippen LogP contribution in [0.4, 0.5) is 0 Å². The summed E-state index contributed by atoms with van der Waals surface area (Å²) in [5, 5.41) is 0. The van der Waals surface area contributed by atoms with E-state index >= 15 is 0 Å². The Hall–Kier alpha value is -0.0400. The molecule has 0 aromatic carbocycles. The zero-order valence-electron chi connectivity index (χ0n) is 8.43. The lowest BCUT2D eigenvalue weighted by Crippen LogP contribution is -2.20. The third-order valence-corrected chi connectivity index (χ3v) is 2.73. The molecule has 1 unspecified atom stereocenters. The van der Waals surface area contributed by atoms with Gasteiger partial charge in [-0.25, -0.2) is 0 Å². The quantitative estimate of drug-likeness (QED) is 0.652. The molecule has 11 heavy (non-hydrogen) atoms. The Morgan fingerprint density at radius 2 is 1.73 bits per heavy atom. The standard InChI is InChI=1S/C10H23N/c1-5-9(4)10(6-7-11)8(2)3/h8-10H,5-7,11H2,1-4H3/t9-,10?/m1/s1. The van der Waals surface area contributed by atoms with Gasteiger partial charge in [0.05, 0.1) is 0 Å². The highest BCUT2D eigenvalue weighted by Crippen LogP contribution is 2.25. The van der Waals surface area contributed by atoms with Gasteiger partial charge < -0.3 is 5.73 Å². The molecule has 0 aromatic heterocycles. The van der Waals surface area contributed by atoms with Gasteiger partial charge in [0.25, 0.3) is 0 Å². The van der Waals surface area contributed by atoms with Crippen molar-refractivity contribution in [3.63, 3.8) is 0 Å². The molecule has 0 rings (SSSR count). The molecule has 0 aromatic rings. The summed E-state index contributed by atoms with van der Waals surface area (Å²) >= 11 is 0. The average Bonchev–Trinajstić information content (AvgIpc) is 1.98. The zero-order chi connectivity index (χ0) is 8.85. The van der Waals surface area contributed by atoms with Crippen LogP contribution in [0.1, 0.15) is 40.5 Å². The topological polar surface area (TPSA) is 26.0 Å². The second kappa shape index (κ2) is 5.59. The number of hydrogen-bond acceptors (Lipinski definition) is 1. The van der Waals surface area contributed by atoms with Gasteiger partial charge in [-0.1, -0.05) is 34.1 Å². The Balaban J connectivity index is 3.87. The average molecular weight is 157 g/mol. The molecule has 0 fully saturated rings. The molecule has 1 heteroatoms. The van der Waals surface area contributed by atoms with Crippen molar-refractivity contribution in [3.8, 4) is 0 Å². The van der Waals surface area contributed by atoms with Crippen molar-refractivity contribution in [3.05, 3.63) is 0 Å². The lowest BCUT2D eigenvalue weighted by molar-refractivity contribution is 0.251. The van der Waals surface area contributed by atoms with Crippen LogP contribution in [0.2, 0.25) is 0 Å². The van der Waals surface area contributed by atoms with Crippen LogP contribution in [-0.4, -0.2) is 6.54 Å². The molecule has 0 spiro atoms. The summed E-state index contributed by atoms with van der Waals surface area (Å²) in [6.07, 6.45) is 2.47. The molecule has 1 nitrogen and oxygen atoms in total. The Bertz CT molecular complexity index is 88.9. The van der Waals surface area contributed by atoms with E-state index in [9.17, 15) is 0 Å². The predicted molar refractivity (Wildman–Crippen MR) is 51.5 cm³/mol. The van der Waals surface area contributed by atoms with Crippen LogP contribution in [-0.2, 0) is 0 Å². The van der Waals surface area contributed by atoms with Crippen LogP contribution < -0.4 is 5.73 Å². The first-order valence-corrected chi connectivity index (χ1v) is 4.83. The highest BCUT2D eigenvalue weighted by atomic mass is 14.5. The van der Waals surface area contributed by atoms with Crippen molar-refractivity contribution in [2.24, 2.45) is 23.5 Å². The van der Waals surface area contributed by atoms with E-state index < -0.39 is 0 Å². The molecule has 0 saturated carbocycles. The molecule has 68 valence electrons. The van der Waals surface area contributed by atoms with Gasteiger partial charge >= 0.3 is 0 Å². The van der Waals surface area contributed by atoms with Gasteiger partial charge in [0.1, 0.15) is 0 Å². The fourth-order valence-corrected chi connectivity index (χ4v) is 1.77. The maximum absolute atomic E-state index is 5.56. The molecule has 0 aliphatic heterocycles. The maximum atomic E-state index is 5.56. The Labute approximate surface area is 71.4 Å². The van der Waals surface area contributed by atoms with Crippen LogP contribution in [0.25, 0.3) is 0 Å². The molecule has 0 aliphatic rings. The van der Waals surface area contributed by atoms with E-state index in [0.29, 0.717) is 0 Å². The molecule has 0 radical (unpaired) electrons. The molecule has 0 amide bonds. The summed E-state index contributed by atoms with van der Waals surface area (Å²) in [7, 11) is 0. The van der Waals surface area contributed by atoms with Gasteiger partial charge in [-0.3, -0.25) is 0 Å². The number of nitrogens with two attached hydrogens (primary N) is 1. The molecule has 2 N–H and O–H groups in total. The lowest BCUT2D eigenvalue weighted by atomic mass is 9.81. The van der Waals surface area contributed by atoms with Crippen molar-refractivity contribution in [2.45, 2.75) is 40.5 Å². The first kappa shape index (κ1) is 11.0. The second-order valence-corrected chi connectivity index (χ2v) is 3.87. The lowest BCUT2D eigenvalue weighted by Gasteiger charge is -2.26. The second-order valence-electron chi connectivity index (χ2n) is 3.87. The fourth-order valence-electron chi connectivity index (χ4n) is 1.77. The summed E-state index contributed by atoms with van der Waals surface area (Å²) in [5.41, 5.74) is 5.56. The van der Waals surface area contributed by atoms with E-state index in [1.807, 2.05) is 0 Å². The molecular formula is C10H23N. The Kier molecular flexibility index (Phi) is 5.57. The highest BCUT2D eigenvalue weighted by Gasteiger charge is 2.17. The third-order valence-electron chi connectivity index (χ3n) is 2.73. The van der Waals surface area contributed by atoms with Crippen molar-refractivity contribution in [2.75, 3.05) is 6.54 Å². The van der Waals surface area contributed by atoms with E-state index in [4.69, 9.17) is 5.73 Å². The van der Waals surface area contributed by atoms with Crippen LogP contribution in [0.3, 0.4) is 0 Å². The number of rotatable bonds is 5. The SMILES string of the molecule is CC[C@@H](C)C(CCN)C(C)C. The summed E-state index contributed by atoms with van der Waals surface area (Å²) in [5.74, 6) is 2.44. The molecule has 0 bridgehead atoms. The Morgan fingerprint density at radius 3 is 2.00 bits per heavy atom. The molecular weight excluding hydrogens is 134 g/mol. The first-order chi connectivity index (χ1) is 5.13.